The number of likely N-dealkylation sites (N-methyl/N-ethyl adjacent to an activating group) is 1. The molecular formula is C31H32FN3O6S. The monoisotopic (exact) mass is 593 g/mol. The third kappa shape index (κ3) is 5.23. The number of nitrogens with one attached hydrogen (secondary N) is 1. The van der Waals surface area contributed by atoms with Gasteiger partial charge < -0.3 is 4.74 Å². The third-order valence-electron chi connectivity index (χ3n) is 8.11. The number of fused-ring (bicyclic) bond motifs is 1. The van der Waals surface area contributed by atoms with Crippen LogP contribution in [0.2, 0.25) is 0 Å². The summed E-state index contributed by atoms with van der Waals surface area (Å²) in [7, 11) is -2.88. The quantitative estimate of drug-likeness (QED) is 0.284. The molecule has 5 rings (SSSR count). The highest BCUT2D eigenvalue weighted by atomic mass is 32.2. The van der Waals surface area contributed by atoms with Crippen molar-refractivity contribution in [3.05, 3.63) is 102 Å². The lowest BCUT2D eigenvalue weighted by Crippen LogP contribution is -2.59. The van der Waals surface area contributed by atoms with Gasteiger partial charge in [0.25, 0.3) is 0 Å². The number of rotatable bonds is 10. The van der Waals surface area contributed by atoms with Crippen molar-refractivity contribution >= 4 is 27.8 Å². The van der Waals surface area contributed by atoms with Crippen LogP contribution >= 0.6 is 0 Å². The maximum atomic E-state index is 14.1. The zero-order valence-electron chi connectivity index (χ0n) is 23.3. The molecule has 9 nitrogen and oxygen atoms in total. The number of methoxy groups -OCH3 is 1. The highest BCUT2D eigenvalue weighted by Crippen LogP contribution is 2.46. The Bertz CT molecular complexity index is 1570. The van der Waals surface area contributed by atoms with Gasteiger partial charge >= 0.3 is 5.97 Å². The summed E-state index contributed by atoms with van der Waals surface area (Å²) in [6, 6.07) is 21.7. The van der Waals surface area contributed by atoms with Crippen LogP contribution in [0, 0.1) is 17.7 Å². The van der Waals surface area contributed by atoms with Gasteiger partial charge in [-0.3, -0.25) is 24.6 Å². The molecule has 0 saturated carbocycles. The second-order valence-corrected chi connectivity index (χ2v) is 12.5. The molecule has 11 heteroatoms. The number of sulfonamides is 1. The van der Waals surface area contributed by atoms with E-state index < -0.39 is 57.0 Å². The van der Waals surface area contributed by atoms with Crippen LogP contribution in [0.25, 0.3) is 0 Å². The zero-order chi connectivity index (χ0) is 30.1. The summed E-state index contributed by atoms with van der Waals surface area (Å²) in [5.74, 6) is -4.44. The summed E-state index contributed by atoms with van der Waals surface area (Å²) >= 11 is 0. The number of nitrogens with zero attached hydrogens (tertiary/aromatic N) is 2. The van der Waals surface area contributed by atoms with Crippen molar-refractivity contribution in [3.63, 3.8) is 0 Å². The first-order valence-corrected chi connectivity index (χ1v) is 15.1. The van der Waals surface area contributed by atoms with E-state index in [1.807, 2.05) is 36.4 Å². The maximum absolute atomic E-state index is 14.1. The summed E-state index contributed by atoms with van der Waals surface area (Å²) < 4.78 is 47.1. The Morgan fingerprint density at radius 1 is 0.952 bits per heavy atom. The summed E-state index contributed by atoms with van der Waals surface area (Å²) in [4.78, 5) is 42.7. The number of likely N-dealkylation sites (tertiary alicyclic amines) is 1. The zero-order valence-corrected chi connectivity index (χ0v) is 24.1. The SMILES string of the molecule is CCN(C[C@H]1N[C@@](Cc2ccccc2)(C(=O)OC)[C@H]2C(=O)N(Cc3ccccc3)C(=O)[C@@H]12)S(=O)(=O)c1ccc(F)cc1. The number of hydrogen-bond acceptors (Lipinski definition) is 7. The number of benzene rings is 3. The smallest absolute Gasteiger partial charge is 0.327 e. The Labute approximate surface area is 244 Å². The van der Waals surface area contributed by atoms with Crippen LogP contribution in [0.4, 0.5) is 4.39 Å². The van der Waals surface area contributed by atoms with Crippen LogP contribution in [0.15, 0.2) is 89.8 Å². The van der Waals surface area contributed by atoms with Crippen molar-refractivity contribution in [2.45, 2.75) is 36.4 Å². The molecule has 0 radical (unpaired) electrons. The fraction of sp³-hybridized carbons (Fsp3) is 0.323. The molecule has 2 heterocycles. The van der Waals surface area contributed by atoms with Crippen LogP contribution in [0.3, 0.4) is 0 Å². The lowest BCUT2D eigenvalue weighted by atomic mass is 9.76. The second-order valence-electron chi connectivity index (χ2n) is 10.5. The maximum Gasteiger partial charge on any atom is 0.327 e. The first-order valence-electron chi connectivity index (χ1n) is 13.7. The topological polar surface area (TPSA) is 113 Å². The van der Waals surface area contributed by atoms with E-state index in [9.17, 15) is 27.2 Å². The summed E-state index contributed by atoms with van der Waals surface area (Å²) in [6.07, 6.45) is 0.0488. The lowest BCUT2D eigenvalue weighted by molar-refractivity contribution is -0.154. The predicted molar refractivity (Wildman–Crippen MR) is 152 cm³/mol. The summed E-state index contributed by atoms with van der Waals surface area (Å²) in [5, 5.41) is 3.24. The molecule has 1 N–H and O–H groups in total. The van der Waals surface area contributed by atoms with Crippen molar-refractivity contribution < 1.29 is 31.9 Å². The summed E-state index contributed by atoms with van der Waals surface area (Å²) in [5.41, 5.74) is -0.143. The number of carbonyl (C=O) groups is 3. The van der Waals surface area contributed by atoms with Gasteiger partial charge in [-0.15, -0.1) is 0 Å². The van der Waals surface area contributed by atoms with Gasteiger partial charge in [0.1, 0.15) is 11.4 Å². The molecule has 0 spiro atoms. The molecule has 3 aromatic carbocycles. The van der Waals surface area contributed by atoms with Crippen molar-refractivity contribution in [1.29, 1.82) is 0 Å². The molecule has 4 atom stereocenters. The standard InChI is InChI=1S/C31H32FN3O6S/c1-3-34(42(39,40)24-16-14-23(32)15-17-24)20-25-26-27(29(37)35(28(26)36)19-22-12-8-5-9-13-22)31(33-25,30(38)41-2)18-21-10-6-4-7-11-21/h4-17,25-27,33H,3,18-20H2,1-2H3/t25-,26+,27-,31-/m1/s1. The van der Waals surface area contributed by atoms with Gasteiger partial charge in [0, 0.05) is 25.6 Å². The van der Waals surface area contributed by atoms with Crippen LogP contribution < -0.4 is 5.32 Å². The number of amides is 2. The minimum atomic E-state index is -4.10. The fourth-order valence-corrected chi connectivity index (χ4v) is 7.63. The Morgan fingerprint density at radius 3 is 2.12 bits per heavy atom. The first kappa shape index (κ1) is 29.6. The summed E-state index contributed by atoms with van der Waals surface area (Å²) in [6.45, 7) is 1.50. The van der Waals surface area contributed by atoms with Crippen LogP contribution in [-0.4, -0.2) is 67.2 Å². The second kappa shape index (κ2) is 11.7. The molecule has 0 aromatic heterocycles. The largest absolute Gasteiger partial charge is 0.468 e. The van der Waals surface area contributed by atoms with Crippen molar-refractivity contribution in [2.75, 3.05) is 20.2 Å². The van der Waals surface area contributed by atoms with Gasteiger partial charge in [0.2, 0.25) is 21.8 Å². The van der Waals surface area contributed by atoms with Gasteiger partial charge in [0.15, 0.2) is 0 Å². The van der Waals surface area contributed by atoms with E-state index in [1.165, 1.54) is 23.5 Å². The van der Waals surface area contributed by atoms with Gasteiger partial charge in [-0.05, 0) is 35.4 Å². The van der Waals surface area contributed by atoms with Crippen molar-refractivity contribution in [3.8, 4) is 0 Å². The van der Waals surface area contributed by atoms with E-state index in [-0.39, 0.29) is 31.0 Å². The number of ether oxygens (including phenoxy) is 1. The van der Waals surface area contributed by atoms with Crippen LogP contribution in [0.5, 0.6) is 0 Å². The Kier molecular flexibility index (Phi) is 8.27. The molecular weight excluding hydrogens is 561 g/mol. The molecule has 0 aliphatic carbocycles. The average molecular weight is 594 g/mol. The van der Waals surface area contributed by atoms with Crippen molar-refractivity contribution in [1.82, 2.24) is 14.5 Å². The van der Waals surface area contributed by atoms with Gasteiger partial charge in [-0.1, -0.05) is 67.6 Å². The van der Waals surface area contributed by atoms with Gasteiger partial charge in [-0.25, -0.2) is 12.8 Å². The Hall–Kier alpha value is -3.93. The average Bonchev–Trinajstić information content (AvgIpc) is 3.45. The van der Waals surface area contributed by atoms with E-state index in [2.05, 4.69) is 5.32 Å². The first-order chi connectivity index (χ1) is 20.1. The molecule has 2 aliphatic heterocycles. The predicted octanol–water partition coefficient (Wildman–Crippen LogP) is 2.76. The molecule has 2 aliphatic rings. The molecule has 0 unspecified atom stereocenters. The fourth-order valence-electron chi connectivity index (χ4n) is 6.16. The normalized spacial score (nSPS) is 23.8. The number of hydrogen-bond donors (Lipinski definition) is 1. The van der Waals surface area contributed by atoms with Crippen LogP contribution in [-0.2, 0) is 42.1 Å². The highest BCUT2D eigenvalue weighted by Gasteiger charge is 2.68. The minimum Gasteiger partial charge on any atom is -0.468 e. The van der Waals surface area contributed by atoms with E-state index in [0.717, 1.165) is 28.2 Å². The number of esters is 1. The molecule has 0 bridgehead atoms. The van der Waals surface area contributed by atoms with E-state index >= 15 is 0 Å². The number of imide groups is 1. The van der Waals surface area contributed by atoms with E-state index in [1.54, 1.807) is 31.2 Å². The van der Waals surface area contributed by atoms with Crippen molar-refractivity contribution in [2.24, 2.45) is 11.8 Å². The number of carbonyl (C=O) groups excluding carboxylic acids is 3. The van der Waals surface area contributed by atoms with E-state index in [0.29, 0.717) is 0 Å². The Balaban J connectivity index is 1.56. The highest BCUT2D eigenvalue weighted by molar-refractivity contribution is 7.89. The van der Waals surface area contributed by atoms with Crippen LogP contribution in [0.1, 0.15) is 18.1 Å². The number of halogens is 1. The van der Waals surface area contributed by atoms with Gasteiger partial charge in [-0.2, -0.15) is 4.31 Å². The lowest BCUT2D eigenvalue weighted by Gasteiger charge is -2.33. The Morgan fingerprint density at radius 2 is 1.55 bits per heavy atom. The molecule has 3 aromatic rings. The van der Waals surface area contributed by atoms with E-state index in [4.69, 9.17) is 4.74 Å². The minimum absolute atomic E-state index is 0.0200. The molecule has 42 heavy (non-hydrogen) atoms. The third-order valence-corrected chi connectivity index (χ3v) is 10.1. The molecule has 220 valence electrons. The molecule has 2 fully saturated rings. The molecule has 2 saturated heterocycles. The molecule has 2 amide bonds. The van der Waals surface area contributed by atoms with Gasteiger partial charge in [0.05, 0.1) is 30.4 Å².